The zero-order valence-corrected chi connectivity index (χ0v) is 19.9. The van der Waals surface area contributed by atoms with Gasteiger partial charge in [-0.3, -0.25) is 4.79 Å². The highest BCUT2D eigenvalue weighted by molar-refractivity contribution is 7.99. The van der Waals surface area contributed by atoms with Crippen LogP contribution in [0.25, 0.3) is 0 Å². The summed E-state index contributed by atoms with van der Waals surface area (Å²) in [6.07, 6.45) is 0. The number of esters is 1. The Morgan fingerprint density at radius 1 is 1.16 bits per heavy atom. The van der Waals surface area contributed by atoms with E-state index in [9.17, 15) is 9.59 Å². The summed E-state index contributed by atoms with van der Waals surface area (Å²) in [5.41, 5.74) is 2.96. The number of anilines is 1. The van der Waals surface area contributed by atoms with Gasteiger partial charge in [-0.2, -0.15) is 0 Å². The van der Waals surface area contributed by atoms with E-state index in [4.69, 9.17) is 15.3 Å². The number of nitrogens with zero attached hydrogens (tertiary/aromatic N) is 3. The lowest BCUT2D eigenvalue weighted by atomic mass is 10.1. The van der Waals surface area contributed by atoms with Gasteiger partial charge in [-0.05, 0) is 62.6 Å². The molecule has 2 aromatic heterocycles. The van der Waals surface area contributed by atoms with E-state index < -0.39 is 5.97 Å². The Labute approximate surface area is 194 Å². The van der Waals surface area contributed by atoms with Crippen molar-refractivity contribution in [3.63, 3.8) is 0 Å². The molecule has 1 amide bonds. The Balaban J connectivity index is 1.54. The van der Waals surface area contributed by atoms with Gasteiger partial charge in [0.15, 0.2) is 5.82 Å². The van der Waals surface area contributed by atoms with Crippen LogP contribution in [0.2, 0.25) is 0 Å². The summed E-state index contributed by atoms with van der Waals surface area (Å²) in [6, 6.07) is 7.67. The van der Waals surface area contributed by atoms with E-state index >= 15 is 0 Å². The Bertz CT molecular complexity index is 1110. The topological polar surface area (TPSA) is 121 Å². The number of thioether (sulfide) groups is 1. The highest BCUT2D eigenvalue weighted by Gasteiger charge is 2.17. The maximum atomic E-state index is 12.3. The second-order valence-corrected chi connectivity index (χ2v) is 9.06. The van der Waals surface area contributed by atoms with Crippen molar-refractivity contribution in [2.75, 3.05) is 23.5 Å². The molecule has 11 heteroatoms. The SMILES string of the molecule is CCOC(=O)c1sc(NC(=O)CSc2nnc(COc3cc(C)cc(C)c3)n2N)cc1C. The molecule has 3 N–H and O–H groups in total. The summed E-state index contributed by atoms with van der Waals surface area (Å²) in [5, 5.41) is 11.8. The number of carbonyl (C=O) groups excluding carboxylic acids is 2. The number of benzene rings is 1. The van der Waals surface area contributed by atoms with Gasteiger partial charge < -0.3 is 20.6 Å². The van der Waals surface area contributed by atoms with E-state index in [1.807, 2.05) is 26.0 Å². The van der Waals surface area contributed by atoms with Gasteiger partial charge in [0.1, 0.15) is 17.2 Å². The van der Waals surface area contributed by atoms with E-state index in [1.54, 1.807) is 19.9 Å². The molecular formula is C21H25N5O4S2. The van der Waals surface area contributed by atoms with Crippen LogP contribution in [-0.4, -0.2) is 39.1 Å². The Hall–Kier alpha value is -3.05. The molecule has 2 heterocycles. The third-order valence-corrected chi connectivity index (χ3v) is 6.35. The summed E-state index contributed by atoms with van der Waals surface area (Å²) in [4.78, 5) is 24.7. The van der Waals surface area contributed by atoms with Crippen LogP contribution in [0.5, 0.6) is 5.75 Å². The average molecular weight is 476 g/mol. The molecule has 1 aromatic carbocycles. The van der Waals surface area contributed by atoms with Crippen molar-refractivity contribution < 1.29 is 19.1 Å². The highest BCUT2D eigenvalue weighted by Crippen LogP contribution is 2.28. The molecule has 0 unspecified atom stereocenters. The molecule has 0 atom stereocenters. The largest absolute Gasteiger partial charge is 0.486 e. The molecular weight excluding hydrogens is 450 g/mol. The third kappa shape index (κ3) is 6.01. The number of nitrogen functional groups attached to an aromatic ring is 1. The van der Waals surface area contributed by atoms with E-state index in [1.165, 1.54) is 16.0 Å². The highest BCUT2D eigenvalue weighted by atomic mass is 32.2. The maximum Gasteiger partial charge on any atom is 0.348 e. The molecule has 0 radical (unpaired) electrons. The number of amides is 1. The maximum absolute atomic E-state index is 12.3. The van der Waals surface area contributed by atoms with Crippen molar-refractivity contribution in [1.29, 1.82) is 0 Å². The number of thiophene rings is 1. The quantitative estimate of drug-likeness (QED) is 0.274. The number of rotatable bonds is 9. The summed E-state index contributed by atoms with van der Waals surface area (Å²) in [6.45, 7) is 8.00. The normalized spacial score (nSPS) is 10.8. The van der Waals surface area contributed by atoms with Gasteiger partial charge in [-0.1, -0.05) is 17.8 Å². The summed E-state index contributed by atoms with van der Waals surface area (Å²) in [7, 11) is 0. The predicted molar refractivity (Wildman–Crippen MR) is 125 cm³/mol. The predicted octanol–water partition coefficient (Wildman–Crippen LogP) is 3.47. The van der Waals surface area contributed by atoms with E-state index in [-0.39, 0.29) is 18.3 Å². The minimum atomic E-state index is -0.392. The third-order valence-electron chi connectivity index (χ3n) is 4.27. The van der Waals surface area contributed by atoms with E-state index in [2.05, 4.69) is 21.6 Å². The molecule has 170 valence electrons. The Morgan fingerprint density at radius 3 is 2.56 bits per heavy atom. The van der Waals surface area contributed by atoms with Crippen LogP contribution in [0.15, 0.2) is 29.4 Å². The number of carbonyl (C=O) groups is 2. The fourth-order valence-electron chi connectivity index (χ4n) is 2.91. The molecule has 32 heavy (non-hydrogen) atoms. The van der Waals surface area contributed by atoms with Crippen LogP contribution in [0.1, 0.15) is 39.1 Å². The van der Waals surface area contributed by atoms with Gasteiger partial charge in [0, 0.05) is 0 Å². The molecule has 0 aliphatic carbocycles. The van der Waals surface area contributed by atoms with Crippen LogP contribution < -0.4 is 15.9 Å². The van der Waals surface area contributed by atoms with Crippen LogP contribution in [0, 0.1) is 20.8 Å². The zero-order chi connectivity index (χ0) is 23.3. The molecule has 0 fully saturated rings. The number of nitrogens with one attached hydrogen (secondary N) is 1. The van der Waals surface area contributed by atoms with Crippen LogP contribution in [0.3, 0.4) is 0 Å². The average Bonchev–Trinajstić information content (AvgIpc) is 3.26. The minimum absolute atomic E-state index is 0.0823. The number of nitrogens with two attached hydrogens (primary N) is 1. The first-order chi connectivity index (χ1) is 15.3. The summed E-state index contributed by atoms with van der Waals surface area (Å²) in [5.74, 6) is 6.68. The van der Waals surface area contributed by atoms with Crippen molar-refractivity contribution >= 4 is 40.0 Å². The molecule has 3 rings (SSSR count). The van der Waals surface area contributed by atoms with Crippen molar-refractivity contribution in [2.45, 2.75) is 39.5 Å². The lowest BCUT2D eigenvalue weighted by molar-refractivity contribution is -0.113. The standard InChI is InChI=1S/C21H25N5O4S2/c1-5-29-20(28)19-14(4)9-18(32-19)23-17(27)11-31-21-25-24-16(26(21)22)10-30-15-7-12(2)6-13(3)8-15/h6-9H,5,10-11,22H2,1-4H3,(H,23,27). The van der Waals surface area contributed by atoms with E-state index in [0.29, 0.717) is 27.5 Å². The number of aryl methyl sites for hydroxylation is 3. The van der Waals surface area contributed by atoms with Crippen LogP contribution >= 0.6 is 23.1 Å². The van der Waals surface area contributed by atoms with Crippen molar-refractivity contribution in [2.24, 2.45) is 0 Å². The Morgan fingerprint density at radius 2 is 1.88 bits per heavy atom. The van der Waals surface area contributed by atoms with Crippen LogP contribution in [0.4, 0.5) is 5.00 Å². The second kappa shape index (κ2) is 10.5. The molecule has 0 saturated heterocycles. The second-order valence-electron chi connectivity index (χ2n) is 7.06. The van der Waals surface area contributed by atoms with Gasteiger partial charge in [0.05, 0.1) is 17.4 Å². The Kier molecular flexibility index (Phi) is 7.75. The first kappa shape index (κ1) is 23.6. The fraction of sp³-hybridized carbons (Fsp3) is 0.333. The first-order valence-corrected chi connectivity index (χ1v) is 11.7. The molecule has 0 aliphatic rings. The summed E-state index contributed by atoms with van der Waals surface area (Å²) >= 11 is 2.34. The lowest BCUT2D eigenvalue weighted by Crippen LogP contribution is -2.17. The molecule has 0 spiro atoms. The first-order valence-electron chi connectivity index (χ1n) is 9.87. The molecule has 0 bridgehead atoms. The minimum Gasteiger partial charge on any atom is -0.486 e. The van der Waals surface area contributed by atoms with Crippen molar-refractivity contribution in [3.8, 4) is 5.75 Å². The van der Waals surface area contributed by atoms with Gasteiger partial charge >= 0.3 is 5.97 Å². The van der Waals surface area contributed by atoms with Gasteiger partial charge in [0.25, 0.3) is 0 Å². The molecule has 0 saturated carbocycles. The van der Waals surface area contributed by atoms with Gasteiger partial charge in [-0.15, -0.1) is 21.5 Å². The van der Waals surface area contributed by atoms with Gasteiger partial charge in [0.2, 0.25) is 11.1 Å². The monoisotopic (exact) mass is 475 g/mol. The number of hydrogen-bond donors (Lipinski definition) is 2. The van der Waals surface area contributed by atoms with Gasteiger partial charge in [-0.25, -0.2) is 9.47 Å². The number of aromatic nitrogens is 3. The molecule has 0 aliphatic heterocycles. The van der Waals surface area contributed by atoms with Crippen LogP contribution in [-0.2, 0) is 16.1 Å². The van der Waals surface area contributed by atoms with Crippen molar-refractivity contribution in [1.82, 2.24) is 14.9 Å². The zero-order valence-electron chi connectivity index (χ0n) is 18.3. The number of hydrogen-bond acceptors (Lipinski definition) is 9. The molecule has 3 aromatic rings. The smallest absolute Gasteiger partial charge is 0.348 e. The fourth-order valence-corrected chi connectivity index (χ4v) is 4.57. The molecule has 9 nitrogen and oxygen atoms in total. The van der Waals surface area contributed by atoms with E-state index in [0.717, 1.165) is 34.2 Å². The van der Waals surface area contributed by atoms with Crippen molar-refractivity contribution in [3.05, 3.63) is 51.7 Å². The summed E-state index contributed by atoms with van der Waals surface area (Å²) < 4.78 is 12.1. The lowest BCUT2D eigenvalue weighted by Gasteiger charge is -2.08. The number of ether oxygens (including phenoxy) is 2.